The van der Waals surface area contributed by atoms with E-state index in [-0.39, 0.29) is 6.10 Å². The van der Waals surface area contributed by atoms with E-state index in [1.165, 1.54) is 103 Å². The second kappa shape index (κ2) is 24.9. The van der Waals surface area contributed by atoms with Crippen LogP contribution in [-0.2, 0) is 9.47 Å². The SMILES string of the molecule is CCCCCCCCCCCCCCCCOCC(CCCCCCO)OC. The molecule has 0 aliphatic rings. The van der Waals surface area contributed by atoms with E-state index < -0.39 is 0 Å². The van der Waals surface area contributed by atoms with Gasteiger partial charge in [0.05, 0.1) is 12.7 Å². The molecule has 0 radical (unpaired) electrons. The third-order valence-electron chi connectivity index (χ3n) is 5.71. The van der Waals surface area contributed by atoms with Crippen molar-refractivity contribution in [3.8, 4) is 0 Å². The van der Waals surface area contributed by atoms with Crippen molar-refractivity contribution in [1.82, 2.24) is 0 Å². The van der Waals surface area contributed by atoms with E-state index in [0.29, 0.717) is 6.61 Å². The zero-order valence-electron chi connectivity index (χ0n) is 19.4. The fourth-order valence-electron chi connectivity index (χ4n) is 3.72. The lowest BCUT2D eigenvalue weighted by atomic mass is 10.0. The number of hydrogen-bond donors (Lipinski definition) is 1. The molecule has 0 rings (SSSR count). The second-order valence-electron chi connectivity index (χ2n) is 8.46. The number of ether oxygens (including phenoxy) is 2. The lowest BCUT2D eigenvalue weighted by Crippen LogP contribution is -2.18. The molecule has 170 valence electrons. The van der Waals surface area contributed by atoms with E-state index in [0.717, 1.165) is 32.5 Å². The van der Waals surface area contributed by atoms with Gasteiger partial charge in [0.1, 0.15) is 0 Å². The Morgan fingerprint density at radius 3 is 1.57 bits per heavy atom. The summed E-state index contributed by atoms with van der Waals surface area (Å²) in [5.41, 5.74) is 0. The highest BCUT2D eigenvalue weighted by Gasteiger charge is 2.07. The zero-order valence-corrected chi connectivity index (χ0v) is 19.4. The molecule has 0 fully saturated rings. The van der Waals surface area contributed by atoms with Crippen LogP contribution in [0.1, 0.15) is 129 Å². The summed E-state index contributed by atoms with van der Waals surface area (Å²) in [6.07, 6.45) is 25.2. The maximum absolute atomic E-state index is 8.79. The van der Waals surface area contributed by atoms with E-state index in [1.54, 1.807) is 7.11 Å². The Kier molecular flexibility index (Phi) is 24.8. The van der Waals surface area contributed by atoms with Crippen molar-refractivity contribution in [1.29, 1.82) is 0 Å². The van der Waals surface area contributed by atoms with Crippen LogP contribution >= 0.6 is 0 Å². The van der Waals surface area contributed by atoms with Gasteiger partial charge < -0.3 is 14.6 Å². The van der Waals surface area contributed by atoms with E-state index in [4.69, 9.17) is 14.6 Å². The van der Waals surface area contributed by atoms with Crippen LogP contribution in [0.5, 0.6) is 0 Å². The van der Waals surface area contributed by atoms with Crippen LogP contribution < -0.4 is 0 Å². The maximum atomic E-state index is 8.79. The quantitative estimate of drug-likeness (QED) is 0.171. The summed E-state index contributed by atoms with van der Waals surface area (Å²) >= 11 is 0. The van der Waals surface area contributed by atoms with E-state index in [1.807, 2.05) is 0 Å². The number of unbranched alkanes of at least 4 members (excludes halogenated alkanes) is 16. The predicted molar refractivity (Wildman–Crippen MR) is 122 cm³/mol. The van der Waals surface area contributed by atoms with E-state index in [9.17, 15) is 0 Å². The van der Waals surface area contributed by atoms with Crippen molar-refractivity contribution >= 4 is 0 Å². The summed E-state index contributed by atoms with van der Waals surface area (Å²) in [6, 6.07) is 0. The van der Waals surface area contributed by atoms with Gasteiger partial charge in [-0.15, -0.1) is 0 Å². The van der Waals surface area contributed by atoms with Crippen LogP contribution in [0, 0.1) is 0 Å². The van der Waals surface area contributed by atoms with Gasteiger partial charge in [0.2, 0.25) is 0 Å². The summed E-state index contributed by atoms with van der Waals surface area (Å²) in [6.45, 7) is 4.21. The number of aliphatic hydroxyl groups excluding tert-OH is 1. The molecule has 1 atom stereocenters. The average Bonchev–Trinajstić information content (AvgIpc) is 2.71. The highest BCUT2D eigenvalue weighted by Crippen LogP contribution is 2.13. The minimum atomic E-state index is 0.237. The van der Waals surface area contributed by atoms with Crippen LogP contribution in [0.25, 0.3) is 0 Å². The molecule has 1 unspecified atom stereocenters. The van der Waals surface area contributed by atoms with Crippen molar-refractivity contribution in [2.45, 2.75) is 135 Å². The van der Waals surface area contributed by atoms with Gasteiger partial charge in [-0.1, -0.05) is 110 Å². The molecule has 0 saturated carbocycles. The first-order valence-electron chi connectivity index (χ1n) is 12.6. The molecule has 1 N–H and O–H groups in total. The Labute approximate surface area is 177 Å². The Morgan fingerprint density at radius 2 is 1.07 bits per heavy atom. The summed E-state index contributed by atoms with van der Waals surface area (Å²) < 4.78 is 11.3. The molecule has 0 aromatic rings. The van der Waals surface area contributed by atoms with Gasteiger partial charge in [-0.2, -0.15) is 0 Å². The van der Waals surface area contributed by atoms with Crippen LogP contribution in [0.4, 0.5) is 0 Å². The lowest BCUT2D eigenvalue weighted by Gasteiger charge is -2.15. The van der Waals surface area contributed by atoms with Crippen molar-refractivity contribution < 1.29 is 14.6 Å². The fraction of sp³-hybridized carbons (Fsp3) is 1.00. The molecule has 28 heavy (non-hydrogen) atoms. The van der Waals surface area contributed by atoms with Crippen molar-refractivity contribution in [2.24, 2.45) is 0 Å². The third kappa shape index (κ3) is 22.2. The molecular formula is C25H52O3. The Bertz CT molecular complexity index is 271. The average molecular weight is 401 g/mol. The first-order valence-corrected chi connectivity index (χ1v) is 12.6. The van der Waals surface area contributed by atoms with Gasteiger partial charge in [-0.25, -0.2) is 0 Å². The molecule has 0 saturated heterocycles. The number of hydrogen-bond acceptors (Lipinski definition) is 3. The maximum Gasteiger partial charge on any atom is 0.0804 e. The van der Waals surface area contributed by atoms with Crippen molar-refractivity contribution in [3.63, 3.8) is 0 Å². The standard InChI is InChI=1S/C25H52O3/c1-3-4-5-6-7-8-9-10-11-12-13-14-17-20-23-28-24-25(27-2)21-18-15-16-19-22-26/h25-26H,3-24H2,1-2H3. The van der Waals surface area contributed by atoms with Crippen LogP contribution in [0.15, 0.2) is 0 Å². The number of rotatable bonds is 24. The molecule has 3 heteroatoms. The normalized spacial score (nSPS) is 12.5. The van der Waals surface area contributed by atoms with Crippen LogP contribution in [-0.4, -0.2) is 38.1 Å². The first kappa shape index (κ1) is 27.9. The summed E-state index contributed by atoms with van der Waals surface area (Å²) in [5, 5.41) is 8.79. The second-order valence-corrected chi connectivity index (χ2v) is 8.46. The smallest absolute Gasteiger partial charge is 0.0804 e. The zero-order chi connectivity index (χ0) is 20.5. The van der Waals surface area contributed by atoms with Gasteiger partial charge in [0.25, 0.3) is 0 Å². The van der Waals surface area contributed by atoms with Crippen molar-refractivity contribution in [3.05, 3.63) is 0 Å². The molecule has 3 nitrogen and oxygen atoms in total. The van der Waals surface area contributed by atoms with Gasteiger partial charge in [-0.3, -0.25) is 0 Å². The molecule has 0 amide bonds. The Balaban J connectivity index is 3.19. The largest absolute Gasteiger partial charge is 0.396 e. The summed E-state index contributed by atoms with van der Waals surface area (Å²) in [5.74, 6) is 0. The fourth-order valence-corrected chi connectivity index (χ4v) is 3.72. The molecule has 0 heterocycles. The number of aliphatic hydroxyl groups is 1. The van der Waals surface area contributed by atoms with E-state index in [2.05, 4.69) is 6.92 Å². The Morgan fingerprint density at radius 1 is 0.607 bits per heavy atom. The highest BCUT2D eigenvalue weighted by molar-refractivity contribution is 4.57. The topological polar surface area (TPSA) is 38.7 Å². The highest BCUT2D eigenvalue weighted by atomic mass is 16.5. The lowest BCUT2D eigenvalue weighted by molar-refractivity contribution is 0.00214. The molecule has 0 aliphatic carbocycles. The molecule has 0 aromatic carbocycles. The molecule has 0 aliphatic heterocycles. The number of methoxy groups -OCH3 is 1. The molecule has 0 spiro atoms. The van der Waals surface area contributed by atoms with Gasteiger partial charge in [0.15, 0.2) is 0 Å². The predicted octanol–water partition coefficient (Wildman–Crippen LogP) is 7.44. The molecule has 0 aromatic heterocycles. The van der Waals surface area contributed by atoms with E-state index >= 15 is 0 Å². The summed E-state index contributed by atoms with van der Waals surface area (Å²) in [7, 11) is 1.79. The summed E-state index contributed by atoms with van der Waals surface area (Å²) in [4.78, 5) is 0. The first-order chi connectivity index (χ1) is 13.8. The Hall–Kier alpha value is -0.120. The van der Waals surface area contributed by atoms with Crippen LogP contribution in [0.3, 0.4) is 0 Å². The third-order valence-corrected chi connectivity index (χ3v) is 5.71. The molecule has 0 bridgehead atoms. The van der Waals surface area contributed by atoms with Gasteiger partial charge >= 0.3 is 0 Å². The minimum absolute atomic E-state index is 0.237. The monoisotopic (exact) mass is 400 g/mol. The van der Waals surface area contributed by atoms with Gasteiger partial charge in [-0.05, 0) is 19.3 Å². The van der Waals surface area contributed by atoms with Crippen molar-refractivity contribution in [2.75, 3.05) is 26.9 Å². The molecular weight excluding hydrogens is 348 g/mol. The minimum Gasteiger partial charge on any atom is -0.396 e. The van der Waals surface area contributed by atoms with Crippen LogP contribution in [0.2, 0.25) is 0 Å². The van der Waals surface area contributed by atoms with Gasteiger partial charge in [0, 0.05) is 20.3 Å².